The van der Waals surface area contributed by atoms with Gasteiger partial charge in [-0.3, -0.25) is 9.20 Å². The molecule has 5 heterocycles. The first-order chi connectivity index (χ1) is 19.3. The molecule has 0 amide bonds. The average Bonchev–Trinajstić information content (AvgIpc) is 3.64. The number of ketones is 1. The Labute approximate surface area is 237 Å². The van der Waals surface area contributed by atoms with Crippen molar-refractivity contribution in [2.75, 3.05) is 19.7 Å². The van der Waals surface area contributed by atoms with E-state index in [9.17, 15) is 4.79 Å². The number of carbonyl (C=O) groups is 1. The number of pyridine rings is 1. The van der Waals surface area contributed by atoms with Crippen molar-refractivity contribution < 1.29 is 14.1 Å². The summed E-state index contributed by atoms with van der Waals surface area (Å²) >= 11 is 1.56. The third-order valence-electron chi connectivity index (χ3n) is 7.50. The maximum absolute atomic E-state index is 12.6. The van der Waals surface area contributed by atoms with Gasteiger partial charge in [-0.1, -0.05) is 61.5 Å². The summed E-state index contributed by atoms with van der Waals surface area (Å²) in [5, 5.41) is 7.48. The number of nitrogens with zero attached hydrogens (tertiary/aromatic N) is 4. The molecule has 1 aliphatic rings. The third-order valence-corrected chi connectivity index (χ3v) is 8.46. The summed E-state index contributed by atoms with van der Waals surface area (Å²) in [6, 6.07) is 13.9. The summed E-state index contributed by atoms with van der Waals surface area (Å²) < 4.78 is 13.5. The molecule has 1 aromatic carbocycles. The SMILES string of the molecule is CC(C)(C)c1cc(CC(=O)Cc2ccc(-c3cn4c(n3)sc3nc(OCCC5CCNCC5)ccc34)cc2)no1. The number of aromatic nitrogens is 4. The minimum absolute atomic E-state index is 0.109. The lowest BCUT2D eigenvalue weighted by Crippen LogP contribution is -2.28. The van der Waals surface area contributed by atoms with Crippen LogP contribution < -0.4 is 10.1 Å². The van der Waals surface area contributed by atoms with Gasteiger partial charge in [0.1, 0.15) is 16.4 Å². The van der Waals surface area contributed by atoms with Gasteiger partial charge in [-0.25, -0.2) is 9.97 Å². The second-order valence-corrected chi connectivity index (χ2v) is 12.7. The molecule has 4 aromatic heterocycles. The lowest BCUT2D eigenvalue weighted by Gasteiger charge is -2.22. The van der Waals surface area contributed by atoms with Crippen molar-refractivity contribution in [2.24, 2.45) is 5.92 Å². The molecule has 1 saturated heterocycles. The maximum Gasteiger partial charge on any atom is 0.214 e. The molecule has 5 aromatic rings. The smallest absolute Gasteiger partial charge is 0.214 e. The molecule has 1 aliphatic heterocycles. The molecule has 1 fully saturated rings. The van der Waals surface area contributed by atoms with Gasteiger partial charge in [0.25, 0.3) is 0 Å². The van der Waals surface area contributed by atoms with Crippen molar-refractivity contribution in [2.45, 2.75) is 58.3 Å². The van der Waals surface area contributed by atoms with E-state index in [1.54, 1.807) is 11.3 Å². The van der Waals surface area contributed by atoms with Crippen LogP contribution in [-0.2, 0) is 23.1 Å². The Balaban J connectivity index is 1.08. The first-order valence-corrected chi connectivity index (χ1v) is 14.8. The van der Waals surface area contributed by atoms with Crippen LogP contribution in [0.5, 0.6) is 5.88 Å². The zero-order valence-corrected chi connectivity index (χ0v) is 24.1. The Morgan fingerprint density at radius 1 is 1.10 bits per heavy atom. The second-order valence-electron chi connectivity index (χ2n) is 11.7. The van der Waals surface area contributed by atoms with Crippen LogP contribution in [0, 0.1) is 5.92 Å². The number of rotatable bonds is 9. The Morgan fingerprint density at radius 3 is 2.65 bits per heavy atom. The van der Waals surface area contributed by atoms with Gasteiger partial charge in [-0.05, 0) is 49.9 Å². The molecule has 0 radical (unpaired) electrons. The predicted octanol–water partition coefficient (Wildman–Crippen LogP) is 6.02. The van der Waals surface area contributed by atoms with E-state index < -0.39 is 0 Å². The number of Topliss-reactive ketones (excluding diaryl/α,β-unsaturated/α-hetero) is 1. The molecule has 9 heteroatoms. The van der Waals surface area contributed by atoms with E-state index in [1.807, 2.05) is 42.6 Å². The molecule has 0 bridgehead atoms. The van der Waals surface area contributed by atoms with Crippen LogP contribution in [0.3, 0.4) is 0 Å². The number of piperidine rings is 1. The normalized spacial score (nSPS) is 14.8. The van der Waals surface area contributed by atoms with E-state index in [0.29, 0.717) is 24.6 Å². The van der Waals surface area contributed by atoms with Crippen LogP contribution in [0.4, 0.5) is 0 Å². The van der Waals surface area contributed by atoms with E-state index in [-0.39, 0.29) is 17.6 Å². The predicted molar refractivity (Wildman–Crippen MR) is 157 cm³/mol. The summed E-state index contributed by atoms with van der Waals surface area (Å²) in [5.74, 6) is 2.32. The second kappa shape index (κ2) is 11.1. The van der Waals surface area contributed by atoms with Gasteiger partial charge in [-0.2, -0.15) is 0 Å². The van der Waals surface area contributed by atoms with E-state index in [2.05, 4.69) is 41.7 Å². The first-order valence-electron chi connectivity index (χ1n) is 14.0. The number of fused-ring (bicyclic) bond motifs is 3. The number of carbonyl (C=O) groups excluding carboxylic acids is 1. The summed E-state index contributed by atoms with van der Waals surface area (Å²) in [6.45, 7) is 9.11. The van der Waals surface area contributed by atoms with Crippen LogP contribution in [0.1, 0.15) is 57.1 Å². The van der Waals surface area contributed by atoms with Crippen LogP contribution in [0.2, 0.25) is 0 Å². The van der Waals surface area contributed by atoms with Crippen LogP contribution in [0.25, 0.3) is 26.6 Å². The highest BCUT2D eigenvalue weighted by atomic mass is 32.1. The molecule has 6 rings (SSSR count). The van der Waals surface area contributed by atoms with Gasteiger partial charge >= 0.3 is 0 Å². The van der Waals surface area contributed by atoms with Gasteiger partial charge < -0.3 is 14.6 Å². The summed E-state index contributed by atoms with van der Waals surface area (Å²) in [6.07, 6.45) is 6.20. The molecule has 40 heavy (non-hydrogen) atoms. The Morgan fingerprint density at radius 2 is 1.90 bits per heavy atom. The van der Waals surface area contributed by atoms with Crippen molar-refractivity contribution in [3.05, 3.63) is 65.7 Å². The molecular formula is C31H35N5O3S. The van der Waals surface area contributed by atoms with Crippen molar-refractivity contribution >= 4 is 32.4 Å². The Kier molecular flexibility index (Phi) is 7.42. The highest BCUT2D eigenvalue weighted by molar-refractivity contribution is 7.23. The number of hydrogen-bond acceptors (Lipinski definition) is 8. The topological polar surface area (TPSA) is 94.6 Å². The quantitative estimate of drug-likeness (QED) is 0.237. The molecule has 1 N–H and O–H groups in total. The number of thiazole rings is 1. The molecule has 0 unspecified atom stereocenters. The highest BCUT2D eigenvalue weighted by Crippen LogP contribution is 2.30. The van der Waals surface area contributed by atoms with Gasteiger partial charge in [0.05, 0.1) is 29.9 Å². The summed E-state index contributed by atoms with van der Waals surface area (Å²) in [4.78, 5) is 24.0. The Hall–Kier alpha value is -3.56. The molecule has 8 nitrogen and oxygen atoms in total. The molecule has 0 saturated carbocycles. The number of imidazole rings is 1. The standard InChI is InChI=1S/C31H35N5O3S/c1-31(2,3)27-18-23(35-39-27)17-24(37)16-21-4-6-22(7-5-21)25-19-36-26-8-9-28(34-29(26)40-30(36)33-25)38-15-12-20-10-13-32-14-11-20/h4-9,18-20,32H,10-17H2,1-3H3. The highest BCUT2D eigenvalue weighted by Gasteiger charge is 2.21. The fourth-order valence-corrected chi connectivity index (χ4v) is 6.10. The van der Waals surface area contributed by atoms with Crippen molar-refractivity contribution in [3.63, 3.8) is 0 Å². The molecular weight excluding hydrogens is 522 g/mol. The van der Waals surface area contributed by atoms with E-state index in [1.165, 1.54) is 12.8 Å². The van der Waals surface area contributed by atoms with Crippen LogP contribution in [-0.4, -0.2) is 45.0 Å². The summed E-state index contributed by atoms with van der Waals surface area (Å²) in [7, 11) is 0. The third kappa shape index (κ3) is 5.95. The average molecular weight is 558 g/mol. The fourth-order valence-electron chi connectivity index (χ4n) is 5.12. The van der Waals surface area contributed by atoms with Crippen molar-refractivity contribution in [1.29, 1.82) is 0 Å². The fraction of sp³-hybridized carbons (Fsp3) is 0.419. The summed E-state index contributed by atoms with van der Waals surface area (Å²) in [5.41, 5.74) is 4.45. The van der Waals surface area contributed by atoms with E-state index in [4.69, 9.17) is 19.2 Å². The van der Waals surface area contributed by atoms with Crippen LogP contribution >= 0.6 is 11.3 Å². The van der Waals surface area contributed by atoms with Gasteiger partial charge in [0.15, 0.2) is 4.96 Å². The lowest BCUT2D eigenvalue weighted by atomic mass is 9.93. The van der Waals surface area contributed by atoms with E-state index >= 15 is 0 Å². The number of hydrogen-bond donors (Lipinski definition) is 1. The van der Waals surface area contributed by atoms with Gasteiger partial charge in [0, 0.05) is 35.7 Å². The zero-order valence-electron chi connectivity index (χ0n) is 23.3. The van der Waals surface area contributed by atoms with E-state index in [0.717, 1.165) is 63.3 Å². The number of nitrogens with one attached hydrogen (secondary N) is 1. The van der Waals surface area contributed by atoms with Crippen molar-refractivity contribution in [3.8, 4) is 17.1 Å². The minimum atomic E-state index is -0.127. The molecule has 208 valence electrons. The maximum atomic E-state index is 12.6. The minimum Gasteiger partial charge on any atom is -0.478 e. The number of ether oxygens (including phenoxy) is 1. The van der Waals surface area contributed by atoms with Gasteiger partial charge in [-0.15, -0.1) is 0 Å². The molecule has 0 spiro atoms. The zero-order chi connectivity index (χ0) is 27.7. The van der Waals surface area contributed by atoms with Crippen molar-refractivity contribution in [1.82, 2.24) is 24.8 Å². The first kappa shape index (κ1) is 26.7. The largest absolute Gasteiger partial charge is 0.478 e. The monoisotopic (exact) mass is 557 g/mol. The molecule has 0 atom stereocenters. The number of benzene rings is 1. The van der Waals surface area contributed by atoms with Gasteiger partial charge in [0.2, 0.25) is 5.88 Å². The Bertz CT molecular complexity index is 1620. The van der Waals surface area contributed by atoms with Crippen LogP contribution in [0.15, 0.2) is 53.2 Å². The lowest BCUT2D eigenvalue weighted by molar-refractivity contribution is -0.117. The molecule has 0 aliphatic carbocycles.